The van der Waals surface area contributed by atoms with E-state index in [2.05, 4.69) is 15.2 Å². The highest BCUT2D eigenvalue weighted by atomic mass is 16.6. The third-order valence-corrected chi connectivity index (χ3v) is 3.58. The van der Waals surface area contributed by atoms with Crippen molar-refractivity contribution in [3.63, 3.8) is 0 Å². The fourth-order valence-electron chi connectivity index (χ4n) is 2.29. The van der Waals surface area contributed by atoms with E-state index in [0.717, 1.165) is 22.5 Å². The highest BCUT2D eigenvalue weighted by Gasteiger charge is 2.10. The van der Waals surface area contributed by atoms with Gasteiger partial charge >= 0.3 is 0 Å². The molecule has 0 aliphatic heterocycles. The third kappa shape index (κ3) is 2.80. The molecule has 0 saturated carbocycles. The van der Waals surface area contributed by atoms with Gasteiger partial charge in [-0.1, -0.05) is 6.07 Å². The molecule has 116 valence electrons. The summed E-state index contributed by atoms with van der Waals surface area (Å²) < 4.78 is 1.85. The monoisotopic (exact) mass is 309 g/mol. The molecule has 2 heterocycles. The van der Waals surface area contributed by atoms with E-state index in [-0.39, 0.29) is 5.69 Å². The first-order valence-corrected chi connectivity index (χ1v) is 7.08. The third-order valence-electron chi connectivity index (χ3n) is 3.58. The zero-order chi connectivity index (χ0) is 16.6. The quantitative estimate of drug-likeness (QED) is 0.403. The van der Waals surface area contributed by atoms with Crippen molar-refractivity contribution in [1.29, 1.82) is 0 Å². The van der Waals surface area contributed by atoms with E-state index < -0.39 is 4.92 Å². The minimum absolute atomic E-state index is 0.00459. The summed E-state index contributed by atoms with van der Waals surface area (Å²) in [6, 6.07) is 8.46. The Kier molecular flexibility index (Phi) is 3.61. The first-order valence-electron chi connectivity index (χ1n) is 7.08. The lowest BCUT2D eigenvalue weighted by Gasteiger charge is -2.00. The van der Waals surface area contributed by atoms with Crippen molar-refractivity contribution in [1.82, 2.24) is 9.38 Å². The predicted octanol–water partition coefficient (Wildman–Crippen LogP) is 4.58. The number of nitrogens with zero attached hydrogens (tertiary/aromatic N) is 5. The van der Waals surface area contributed by atoms with Gasteiger partial charge in [-0.05, 0) is 44.0 Å². The minimum Gasteiger partial charge on any atom is -0.283 e. The second-order valence-corrected chi connectivity index (χ2v) is 5.38. The molecule has 2 aromatic heterocycles. The van der Waals surface area contributed by atoms with Crippen molar-refractivity contribution in [2.24, 2.45) is 10.2 Å². The van der Waals surface area contributed by atoms with Crippen LogP contribution in [-0.4, -0.2) is 14.3 Å². The zero-order valence-electron chi connectivity index (χ0n) is 13.0. The standard InChI is InChI=1S/C16H15N5O2/c1-10-6-7-20-15(8-10)17-12(3)16(20)19-18-14-9-13(21(22)23)5-4-11(14)2/h4-9H,1-3H3. The van der Waals surface area contributed by atoms with Gasteiger partial charge in [-0.25, -0.2) is 4.98 Å². The van der Waals surface area contributed by atoms with Gasteiger partial charge in [-0.2, -0.15) is 0 Å². The van der Waals surface area contributed by atoms with Crippen LogP contribution in [0.5, 0.6) is 0 Å². The fourth-order valence-corrected chi connectivity index (χ4v) is 2.29. The highest BCUT2D eigenvalue weighted by molar-refractivity contribution is 5.55. The van der Waals surface area contributed by atoms with E-state index in [9.17, 15) is 10.1 Å². The molecule has 0 saturated heterocycles. The summed E-state index contributed by atoms with van der Waals surface area (Å²) in [6.45, 7) is 5.69. The van der Waals surface area contributed by atoms with Gasteiger partial charge in [0.25, 0.3) is 5.69 Å². The van der Waals surface area contributed by atoms with Gasteiger partial charge in [-0.3, -0.25) is 14.5 Å². The van der Waals surface area contributed by atoms with Crippen molar-refractivity contribution >= 4 is 22.8 Å². The zero-order valence-corrected chi connectivity index (χ0v) is 13.0. The number of nitro benzene ring substituents is 1. The van der Waals surface area contributed by atoms with Gasteiger partial charge in [0.05, 0.1) is 16.3 Å². The van der Waals surface area contributed by atoms with Crippen LogP contribution < -0.4 is 0 Å². The van der Waals surface area contributed by atoms with E-state index in [1.165, 1.54) is 12.1 Å². The van der Waals surface area contributed by atoms with Crippen molar-refractivity contribution in [3.05, 3.63) is 63.5 Å². The van der Waals surface area contributed by atoms with Crippen LogP contribution >= 0.6 is 0 Å². The van der Waals surface area contributed by atoms with Gasteiger partial charge < -0.3 is 0 Å². The number of non-ortho nitro benzene ring substituents is 1. The number of aromatic nitrogens is 2. The molecule has 7 nitrogen and oxygen atoms in total. The smallest absolute Gasteiger partial charge is 0.271 e. The molecule has 7 heteroatoms. The Hall–Kier alpha value is -3.09. The Morgan fingerprint density at radius 2 is 1.91 bits per heavy atom. The Morgan fingerprint density at radius 1 is 1.13 bits per heavy atom. The Morgan fingerprint density at radius 3 is 2.65 bits per heavy atom. The van der Waals surface area contributed by atoms with E-state index in [0.29, 0.717) is 11.5 Å². The highest BCUT2D eigenvalue weighted by Crippen LogP contribution is 2.28. The van der Waals surface area contributed by atoms with Crippen molar-refractivity contribution in [3.8, 4) is 0 Å². The number of aryl methyl sites for hydroxylation is 3. The van der Waals surface area contributed by atoms with Crippen molar-refractivity contribution < 1.29 is 4.92 Å². The molecule has 0 aliphatic carbocycles. The molecule has 0 aliphatic rings. The van der Waals surface area contributed by atoms with Gasteiger partial charge in [0.1, 0.15) is 5.65 Å². The average Bonchev–Trinajstić information content (AvgIpc) is 2.80. The number of azo groups is 1. The average molecular weight is 309 g/mol. The molecule has 0 atom stereocenters. The van der Waals surface area contributed by atoms with Crippen LogP contribution in [0.1, 0.15) is 16.8 Å². The lowest BCUT2D eigenvalue weighted by atomic mass is 10.2. The first-order chi connectivity index (χ1) is 11.0. The number of hydrogen-bond donors (Lipinski definition) is 0. The second kappa shape index (κ2) is 5.60. The molecule has 3 rings (SSSR count). The van der Waals surface area contributed by atoms with Gasteiger partial charge in [0.15, 0.2) is 5.82 Å². The molecule has 0 bridgehead atoms. The summed E-state index contributed by atoms with van der Waals surface area (Å²) in [5, 5.41) is 19.3. The molecular formula is C16H15N5O2. The Labute approximate surface area is 132 Å². The number of nitro groups is 1. The van der Waals surface area contributed by atoms with Crippen LogP contribution in [0.15, 0.2) is 46.8 Å². The number of pyridine rings is 1. The Balaban J connectivity index is 2.05. The van der Waals surface area contributed by atoms with Crippen LogP contribution in [0, 0.1) is 30.9 Å². The topological polar surface area (TPSA) is 85.2 Å². The SMILES string of the molecule is Cc1ccn2c(N=Nc3cc([N+](=O)[O-])ccc3C)c(C)nc2c1. The molecule has 0 radical (unpaired) electrons. The number of rotatable bonds is 3. The minimum atomic E-state index is -0.444. The van der Waals surface area contributed by atoms with E-state index in [4.69, 9.17) is 0 Å². The normalized spacial score (nSPS) is 11.4. The van der Waals surface area contributed by atoms with Crippen LogP contribution in [0.2, 0.25) is 0 Å². The largest absolute Gasteiger partial charge is 0.283 e. The van der Waals surface area contributed by atoms with Gasteiger partial charge in [0, 0.05) is 18.3 Å². The molecule has 3 aromatic rings. The predicted molar refractivity (Wildman–Crippen MR) is 86.7 cm³/mol. The second-order valence-electron chi connectivity index (χ2n) is 5.38. The summed E-state index contributed by atoms with van der Waals surface area (Å²) in [5.74, 6) is 0.617. The first kappa shape index (κ1) is 14.8. The van der Waals surface area contributed by atoms with Gasteiger partial charge in [-0.15, -0.1) is 10.2 Å². The molecular weight excluding hydrogens is 294 g/mol. The molecule has 0 spiro atoms. The molecule has 0 amide bonds. The molecule has 0 N–H and O–H groups in total. The maximum Gasteiger partial charge on any atom is 0.271 e. The summed E-state index contributed by atoms with van der Waals surface area (Å²) in [5.41, 5.74) is 3.95. The van der Waals surface area contributed by atoms with Crippen LogP contribution in [0.3, 0.4) is 0 Å². The number of fused-ring (bicyclic) bond motifs is 1. The summed E-state index contributed by atoms with van der Waals surface area (Å²) in [7, 11) is 0. The molecule has 0 fully saturated rings. The number of imidazole rings is 1. The summed E-state index contributed by atoms with van der Waals surface area (Å²) in [6.07, 6.45) is 1.89. The van der Waals surface area contributed by atoms with Crippen LogP contribution in [0.4, 0.5) is 17.2 Å². The molecule has 1 aromatic carbocycles. The van der Waals surface area contributed by atoms with E-state index in [1.807, 2.05) is 43.5 Å². The van der Waals surface area contributed by atoms with Crippen molar-refractivity contribution in [2.75, 3.05) is 0 Å². The number of hydrogen-bond acceptors (Lipinski definition) is 5. The van der Waals surface area contributed by atoms with Crippen LogP contribution in [-0.2, 0) is 0 Å². The molecule has 0 unspecified atom stereocenters. The van der Waals surface area contributed by atoms with Gasteiger partial charge in [0.2, 0.25) is 0 Å². The maximum atomic E-state index is 10.9. The fraction of sp³-hybridized carbons (Fsp3) is 0.188. The van der Waals surface area contributed by atoms with E-state index >= 15 is 0 Å². The van der Waals surface area contributed by atoms with E-state index in [1.54, 1.807) is 6.07 Å². The lowest BCUT2D eigenvalue weighted by Crippen LogP contribution is -1.87. The lowest BCUT2D eigenvalue weighted by molar-refractivity contribution is -0.384. The summed E-state index contributed by atoms with van der Waals surface area (Å²) in [4.78, 5) is 14.9. The number of benzene rings is 1. The molecule has 23 heavy (non-hydrogen) atoms. The summed E-state index contributed by atoms with van der Waals surface area (Å²) >= 11 is 0. The van der Waals surface area contributed by atoms with Crippen molar-refractivity contribution in [2.45, 2.75) is 20.8 Å². The maximum absolute atomic E-state index is 10.9. The van der Waals surface area contributed by atoms with Crippen LogP contribution in [0.25, 0.3) is 5.65 Å². The Bertz CT molecular complexity index is 943.